The molecule has 0 aliphatic heterocycles. The van der Waals surface area contributed by atoms with E-state index in [-0.39, 0.29) is 17.6 Å². The van der Waals surface area contributed by atoms with E-state index in [2.05, 4.69) is 20.3 Å². The van der Waals surface area contributed by atoms with Crippen molar-refractivity contribution in [3.05, 3.63) is 0 Å². The van der Waals surface area contributed by atoms with E-state index in [0.29, 0.717) is 5.95 Å². The molecule has 0 saturated carbocycles. The molecule has 0 unspecified atom stereocenters. The van der Waals surface area contributed by atoms with Gasteiger partial charge in [-0.05, 0) is 20.8 Å². The number of anilines is 1. The summed E-state index contributed by atoms with van der Waals surface area (Å²) in [6.07, 6.45) is 0. The highest BCUT2D eigenvalue weighted by Gasteiger charge is 2.14. The van der Waals surface area contributed by atoms with Crippen LogP contribution in [-0.4, -0.2) is 34.7 Å². The lowest BCUT2D eigenvalue weighted by Crippen LogP contribution is -2.27. The van der Waals surface area contributed by atoms with Gasteiger partial charge in [0.05, 0.1) is 14.2 Å². The Morgan fingerprint density at radius 1 is 0.933 bits per heavy atom. The van der Waals surface area contributed by atoms with Crippen molar-refractivity contribution in [1.29, 1.82) is 0 Å². The van der Waals surface area contributed by atoms with Gasteiger partial charge in [0.1, 0.15) is 0 Å². The van der Waals surface area contributed by atoms with Crippen molar-refractivity contribution >= 4 is 5.95 Å². The molecule has 6 nitrogen and oxygen atoms in total. The molecular weight excluding hydrogens is 196 g/mol. The molecule has 6 heteroatoms. The Kier molecular flexibility index (Phi) is 3.28. The lowest BCUT2D eigenvalue weighted by molar-refractivity contribution is 0.340. The SMILES string of the molecule is COc1nc(NC(C)(C)C)nc(OC)n1. The van der Waals surface area contributed by atoms with Crippen molar-refractivity contribution in [2.75, 3.05) is 19.5 Å². The number of methoxy groups -OCH3 is 2. The standard InChI is InChI=1S/C9H16N4O2/c1-9(2,3)13-6-10-7(14-4)12-8(11-6)15-5/h1-5H3,(H,10,11,12,13). The van der Waals surface area contributed by atoms with Crippen LogP contribution < -0.4 is 14.8 Å². The summed E-state index contributed by atoms with van der Waals surface area (Å²) < 4.78 is 9.86. The highest BCUT2D eigenvalue weighted by Crippen LogP contribution is 2.15. The first-order valence-electron chi connectivity index (χ1n) is 4.57. The number of hydrogen-bond donors (Lipinski definition) is 1. The second-order valence-electron chi connectivity index (χ2n) is 4.01. The van der Waals surface area contributed by atoms with Crippen LogP contribution in [0.1, 0.15) is 20.8 Å². The normalized spacial score (nSPS) is 11.0. The van der Waals surface area contributed by atoms with Crippen LogP contribution in [0.15, 0.2) is 0 Å². The van der Waals surface area contributed by atoms with Crippen LogP contribution in [0, 0.1) is 0 Å². The topological polar surface area (TPSA) is 69.2 Å². The fourth-order valence-corrected chi connectivity index (χ4v) is 0.912. The third-order valence-electron chi connectivity index (χ3n) is 1.45. The number of ether oxygens (including phenoxy) is 2. The molecule has 1 heterocycles. The van der Waals surface area contributed by atoms with Crippen molar-refractivity contribution in [3.8, 4) is 12.0 Å². The molecule has 0 aliphatic rings. The van der Waals surface area contributed by atoms with Crippen molar-refractivity contribution < 1.29 is 9.47 Å². The third kappa shape index (κ3) is 3.57. The van der Waals surface area contributed by atoms with E-state index in [1.807, 2.05) is 20.8 Å². The molecule has 15 heavy (non-hydrogen) atoms. The van der Waals surface area contributed by atoms with Gasteiger partial charge < -0.3 is 14.8 Å². The predicted molar refractivity (Wildman–Crippen MR) is 56.3 cm³/mol. The Hall–Kier alpha value is -1.59. The maximum atomic E-state index is 4.93. The molecule has 1 aromatic rings. The van der Waals surface area contributed by atoms with Crippen LogP contribution in [-0.2, 0) is 0 Å². The molecule has 0 aliphatic carbocycles. The van der Waals surface area contributed by atoms with E-state index in [0.717, 1.165) is 0 Å². The zero-order valence-electron chi connectivity index (χ0n) is 9.66. The van der Waals surface area contributed by atoms with Gasteiger partial charge in [-0.3, -0.25) is 0 Å². The van der Waals surface area contributed by atoms with E-state index in [9.17, 15) is 0 Å². The fraction of sp³-hybridized carbons (Fsp3) is 0.667. The van der Waals surface area contributed by atoms with Crippen LogP contribution in [0.2, 0.25) is 0 Å². The molecule has 0 fully saturated rings. The van der Waals surface area contributed by atoms with Crippen molar-refractivity contribution in [2.45, 2.75) is 26.3 Å². The number of hydrogen-bond acceptors (Lipinski definition) is 6. The molecule has 0 bridgehead atoms. The summed E-state index contributed by atoms with van der Waals surface area (Å²) >= 11 is 0. The van der Waals surface area contributed by atoms with Gasteiger partial charge in [0, 0.05) is 5.54 Å². The Bertz CT molecular complexity index is 313. The molecule has 0 radical (unpaired) electrons. The summed E-state index contributed by atoms with van der Waals surface area (Å²) in [7, 11) is 2.99. The maximum absolute atomic E-state index is 4.93. The maximum Gasteiger partial charge on any atom is 0.324 e. The average Bonchev–Trinajstić information content (AvgIpc) is 2.14. The zero-order chi connectivity index (χ0) is 11.5. The van der Waals surface area contributed by atoms with Gasteiger partial charge in [-0.1, -0.05) is 0 Å². The molecule has 1 rings (SSSR count). The predicted octanol–water partition coefficient (Wildman–Crippen LogP) is 1.10. The Morgan fingerprint density at radius 2 is 1.40 bits per heavy atom. The summed E-state index contributed by atoms with van der Waals surface area (Å²) in [5.74, 6) is 0.436. The minimum Gasteiger partial charge on any atom is -0.467 e. The van der Waals surface area contributed by atoms with Gasteiger partial charge in [0.2, 0.25) is 5.95 Å². The summed E-state index contributed by atoms with van der Waals surface area (Å²) in [5.41, 5.74) is -0.128. The van der Waals surface area contributed by atoms with Crippen LogP contribution in [0.25, 0.3) is 0 Å². The molecule has 0 aromatic carbocycles. The molecular formula is C9H16N4O2. The van der Waals surface area contributed by atoms with Gasteiger partial charge in [-0.15, -0.1) is 4.98 Å². The molecule has 0 atom stereocenters. The van der Waals surface area contributed by atoms with Crippen LogP contribution in [0.4, 0.5) is 5.95 Å². The largest absolute Gasteiger partial charge is 0.467 e. The van der Waals surface area contributed by atoms with E-state index >= 15 is 0 Å². The van der Waals surface area contributed by atoms with E-state index < -0.39 is 0 Å². The second-order valence-corrected chi connectivity index (χ2v) is 4.01. The van der Waals surface area contributed by atoms with Gasteiger partial charge in [0.25, 0.3) is 0 Å². The number of aromatic nitrogens is 3. The number of nitrogens with zero attached hydrogens (tertiary/aromatic N) is 3. The number of nitrogens with one attached hydrogen (secondary N) is 1. The highest BCUT2D eigenvalue weighted by atomic mass is 16.5. The quantitative estimate of drug-likeness (QED) is 0.809. The molecule has 0 saturated heterocycles. The summed E-state index contributed by atoms with van der Waals surface area (Å²) in [6, 6.07) is 0.460. The zero-order valence-corrected chi connectivity index (χ0v) is 9.66. The minimum atomic E-state index is -0.128. The van der Waals surface area contributed by atoms with Gasteiger partial charge in [-0.25, -0.2) is 0 Å². The smallest absolute Gasteiger partial charge is 0.324 e. The van der Waals surface area contributed by atoms with E-state index in [1.54, 1.807) is 0 Å². The molecule has 0 amide bonds. The summed E-state index contributed by atoms with van der Waals surface area (Å²) in [6.45, 7) is 6.03. The first-order chi connectivity index (χ1) is 6.94. The monoisotopic (exact) mass is 212 g/mol. The summed E-state index contributed by atoms with van der Waals surface area (Å²) in [4.78, 5) is 12.0. The number of rotatable bonds is 3. The molecule has 1 N–H and O–H groups in total. The molecule has 84 valence electrons. The van der Waals surface area contributed by atoms with Crippen molar-refractivity contribution in [3.63, 3.8) is 0 Å². The lowest BCUT2D eigenvalue weighted by Gasteiger charge is -2.20. The summed E-state index contributed by atoms with van der Waals surface area (Å²) in [5, 5.41) is 3.11. The van der Waals surface area contributed by atoms with E-state index in [1.165, 1.54) is 14.2 Å². The first kappa shape index (κ1) is 11.5. The Labute approximate surface area is 89.1 Å². The van der Waals surface area contributed by atoms with Crippen LogP contribution in [0.5, 0.6) is 12.0 Å². The fourth-order valence-electron chi connectivity index (χ4n) is 0.912. The third-order valence-corrected chi connectivity index (χ3v) is 1.45. The van der Waals surface area contributed by atoms with Crippen molar-refractivity contribution in [2.24, 2.45) is 0 Å². The molecule has 0 spiro atoms. The lowest BCUT2D eigenvalue weighted by atomic mass is 10.1. The minimum absolute atomic E-state index is 0.128. The van der Waals surface area contributed by atoms with E-state index in [4.69, 9.17) is 9.47 Å². The van der Waals surface area contributed by atoms with Crippen LogP contribution in [0.3, 0.4) is 0 Å². The van der Waals surface area contributed by atoms with Crippen molar-refractivity contribution in [1.82, 2.24) is 15.0 Å². The van der Waals surface area contributed by atoms with Gasteiger partial charge in [-0.2, -0.15) is 9.97 Å². The first-order valence-corrected chi connectivity index (χ1v) is 4.57. The van der Waals surface area contributed by atoms with Crippen LogP contribution >= 0.6 is 0 Å². The second kappa shape index (κ2) is 4.29. The Balaban J connectivity index is 2.97. The molecule has 1 aromatic heterocycles. The Morgan fingerprint density at radius 3 is 1.73 bits per heavy atom. The average molecular weight is 212 g/mol. The highest BCUT2D eigenvalue weighted by molar-refractivity contribution is 5.30. The van der Waals surface area contributed by atoms with Gasteiger partial charge in [0.15, 0.2) is 0 Å². The van der Waals surface area contributed by atoms with Gasteiger partial charge >= 0.3 is 12.0 Å².